The van der Waals surface area contributed by atoms with Crippen molar-refractivity contribution in [2.45, 2.75) is 50.2 Å². The number of rotatable bonds is 1. The van der Waals surface area contributed by atoms with Crippen LogP contribution in [0.3, 0.4) is 0 Å². The van der Waals surface area contributed by atoms with Gasteiger partial charge in [-0.1, -0.05) is 6.42 Å². The Kier molecular flexibility index (Phi) is 2.95. The quantitative estimate of drug-likeness (QED) is 0.661. The molecule has 3 nitrogen and oxygen atoms in total. The van der Waals surface area contributed by atoms with Crippen LogP contribution in [0.2, 0.25) is 0 Å². The third kappa shape index (κ3) is 1.93. The van der Waals surface area contributed by atoms with Gasteiger partial charge >= 0.3 is 0 Å². The van der Waals surface area contributed by atoms with E-state index in [2.05, 4.69) is 15.5 Å². The van der Waals surface area contributed by atoms with Crippen molar-refractivity contribution < 1.29 is 0 Å². The molecule has 0 unspecified atom stereocenters. The normalized spacial score (nSPS) is 42.8. The third-order valence-electron chi connectivity index (χ3n) is 4.38. The summed E-state index contributed by atoms with van der Waals surface area (Å²) in [5, 5.41) is 7.43. The minimum absolute atomic E-state index is 0.727. The molecule has 3 fully saturated rings. The van der Waals surface area contributed by atoms with Crippen LogP contribution in [0.5, 0.6) is 0 Å². The number of hydrogen-bond acceptors (Lipinski definition) is 3. The Morgan fingerprint density at radius 1 is 0.867 bits per heavy atom. The topological polar surface area (TPSA) is 27.3 Å². The van der Waals surface area contributed by atoms with E-state index in [1.54, 1.807) is 0 Å². The van der Waals surface area contributed by atoms with Crippen molar-refractivity contribution in [3.05, 3.63) is 0 Å². The maximum atomic E-state index is 3.74. The molecule has 0 radical (unpaired) electrons. The minimum Gasteiger partial charge on any atom is -0.311 e. The lowest BCUT2D eigenvalue weighted by molar-refractivity contribution is 0.109. The molecular weight excluding hydrogens is 186 g/mol. The highest BCUT2D eigenvalue weighted by Gasteiger charge is 2.38. The van der Waals surface area contributed by atoms with Crippen LogP contribution in [0.25, 0.3) is 0 Å². The number of piperazine rings is 1. The maximum absolute atomic E-state index is 3.74. The van der Waals surface area contributed by atoms with Gasteiger partial charge in [-0.05, 0) is 38.8 Å². The number of likely N-dealkylation sites (tertiary alicyclic amines) is 1. The van der Waals surface area contributed by atoms with Crippen LogP contribution in [0.15, 0.2) is 0 Å². The molecule has 86 valence electrons. The van der Waals surface area contributed by atoms with Crippen molar-refractivity contribution in [1.82, 2.24) is 15.5 Å². The lowest BCUT2D eigenvalue weighted by Gasteiger charge is -2.46. The van der Waals surface area contributed by atoms with E-state index >= 15 is 0 Å². The van der Waals surface area contributed by atoms with Gasteiger partial charge < -0.3 is 10.6 Å². The molecule has 0 bridgehead atoms. The molecule has 2 saturated heterocycles. The van der Waals surface area contributed by atoms with Crippen molar-refractivity contribution in [3.8, 4) is 0 Å². The Bertz CT molecular complexity index is 211. The Hall–Kier alpha value is -0.120. The standard InChI is InChI=1S/C12H23N3/c1-2-9-15(8-1)11-5-3-4-10-12(11)14-7-6-13-10/h10-14H,1-9H2/t10-,11+,12-/m1/s1. The van der Waals surface area contributed by atoms with E-state index in [0.29, 0.717) is 0 Å². The smallest absolute Gasteiger partial charge is 0.0378 e. The maximum Gasteiger partial charge on any atom is 0.0378 e. The second-order valence-corrected chi connectivity index (χ2v) is 5.28. The molecular formula is C12H23N3. The van der Waals surface area contributed by atoms with Gasteiger partial charge in [-0.2, -0.15) is 0 Å². The zero-order valence-electron chi connectivity index (χ0n) is 9.54. The molecule has 0 aromatic heterocycles. The molecule has 0 amide bonds. The van der Waals surface area contributed by atoms with Gasteiger partial charge in [0.05, 0.1) is 0 Å². The van der Waals surface area contributed by atoms with Crippen LogP contribution < -0.4 is 10.6 Å². The second-order valence-electron chi connectivity index (χ2n) is 5.28. The molecule has 1 aliphatic carbocycles. The van der Waals surface area contributed by atoms with Crippen LogP contribution in [0, 0.1) is 0 Å². The fraction of sp³-hybridized carbons (Fsp3) is 1.00. The average Bonchev–Trinajstić information content (AvgIpc) is 2.82. The Balaban J connectivity index is 1.69. The van der Waals surface area contributed by atoms with Crippen LogP contribution >= 0.6 is 0 Å². The largest absolute Gasteiger partial charge is 0.311 e. The van der Waals surface area contributed by atoms with Gasteiger partial charge in [0.2, 0.25) is 0 Å². The zero-order chi connectivity index (χ0) is 10.1. The number of hydrogen-bond donors (Lipinski definition) is 2. The van der Waals surface area contributed by atoms with E-state index in [1.165, 1.54) is 45.2 Å². The predicted molar refractivity (Wildman–Crippen MR) is 62.0 cm³/mol. The van der Waals surface area contributed by atoms with E-state index in [0.717, 1.165) is 31.2 Å². The lowest BCUT2D eigenvalue weighted by atomic mass is 9.84. The highest BCUT2D eigenvalue weighted by Crippen LogP contribution is 2.27. The monoisotopic (exact) mass is 209 g/mol. The molecule has 3 rings (SSSR count). The zero-order valence-corrected chi connectivity index (χ0v) is 9.54. The first-order valence-corrected chi connectivity index (χ1v) is 6.66. The van der Waals surface area contributed by atoms with Gasteiger partial charge in [-0.25, -0.2) is 0 Å². The lowest BCUT2D eigenvalue weighted by Crippen LogP contribution is -2.65. The molecule has 1 saturated carbocycles. The molecule has 3 aliphatic rings. The molecule has 0 spiro atoms. The SMILES string of the molecule is C1C[C@H]2NCCN[C@H]2[C@@H](N2CCCC2)C1. The van der Waals surface area contributed by atoms with Crippen LogP contribution in [0.4, 0.5) is 0 Å². The summed E-state index contributed by atoms with van der Waals surface area (Å²) in [5.74, 6) is 0. The Labute approximate surface area is 92.6 Å². The molecule has 2 N–H and O–H groups in total. The van der Waals surface area contributed by atoms with E-state index in [4.69, 9.17) is 0 Å². The minimum atomic E-state index is 0.727. The van der Waals surface area contributed by atoms with Gasteiger partial charge in [0.15, 0.2) is 0 Å². The summed E-state index contributed by atoms with van der Waals surface area (Å²) in [6.07, 6.45) is 7.04. The highest BCUT2D eigenvalue weighted by atomic mass is 15.2. The number of fused-ring (bicyclic) bond motifs is 1. The molecule has 2 aliphatic heterocycles. The Morgan fingerprint density at radius 2 is 1.67 bits per heavy atom. The highest BCUT2D eigenvalue weighted by molar-refractivity contribution is 4.99. The van der Waals surface area contributed by atoms with Crippen molar-refractivity contribution >= 4 is 0 Å². The molecule has 3 heteroatoms. The van der Waals surface area contributed by atoms with Gasteiger partial charge in [-0.3, -0.25) is 4.90 Å². The van der Waals surface area contributed by atoms with Crippen molar-refractivity contribution in [2.24, 2.45) is 0 Å². The first-order chi connectivity index (χ1) is 7.45. The molecule has 0 aromatic carbocycles. The van der Waals surface area contributed by atoms with Crippen LogP contribution in [-0.2, 0) is 0 Å². The van der Waals surface area contributed by atoms with E-state index in [1.807, 2.05) is 0 Å². The van der Waals surface area contributed by atoms with Gasteiger partial charge in [0.1, 0.15) is 0 Å². The molecule has 3 atom stereocenters. The number of nitrogens with one attached hydrogen (secondary N) is 2. The average molecular weight is 209 g/mol. The predicted octanol–water partition coefficient (Wildman–Crippen LogP) is 0.565. The van der Waals surface area contributed by atoms with Crippen molar-refractivity contribution in [1.29, 1.82) is 0 Å². The van der Waals surface area contributed by atoms with Crippen LogP contribution in [-0.4, -0.2) is 49.2 Å². The van der Waals surface area contributed by atoms with Gasteiger partial charge in [0, 0.05) is 31.2 Å². The van der Waals surface area contributed by atoms with Crippen molar-refractivity contribution in [3.63, 3.8) is 0 Å². The van der Waals surface area contributed by atoms with Gasteiger partial charge in [-0.15, -0.1) is 0 Å². The summed E-state index contributed by atoms with van der Waals surface area (Å²) in [6.45, 7) is 5.00. The summed E-state index contributed by atoms with van der Waals surface area (Å²) in [7, 11) is 0. The summed E-state index contributed by atoms with van der Waals surface area (Å²) in [4.78, 5) is 2.73. The summed E-state index contributed by atoms with van der Waals surface area (Å²) >= 11 is 0. The first-order valence-electron chi connectivity index (χ1n) is 6.66. The van der Waals surface area contributed by atoms with Crippen molar-refractivity contribution in [2.75, 3.05) is 26.2 Å². The molecule has 15 heavy (non-hydrogen) atoms. The van der Waals surface area contributed by atoms with E-state index < -0.39 is 0 Å². The van der Waals surface area contributed by atoms with E-state index in [9.17, 15) is 0 Å². The second kappa shape index (κ2) is 4.40. The third-order valence-corrected chi connectivity index (χ3v) is 4.38. The van der Waals surface area contributed by atoms with Crippen LogP contribution in [0.1, 0.15) is 32.1 Å². The fourth-order valence-electron chi connectivity index (χ4n) is 3.66. The van der Waals surface area contributed by atoms with E-state index in [-0.39, 0.29) is 0 Å². The first kappa shape index (κ1) is 10.1. The molecule has 0 aromatic rings. The number of nitrogens with zero attached hydrogens (tertiary/aromatic N) is 1. The molecule has 2 heterocycles. The van der Waals surface area contributed by atoms with Gasteiger partial charge in [0.25, 0.3) is 0 Å². The fourth-order valence-corrected chi connectivity index (χ4v) is 3.66. The summed E-state index contributed by atoms with van der Waals surface area (Å²) in [5.41, 5.74) is 0. The Morgan fingerprint density at radius 3 is 2.53 bits per heavy atom. The summed E-state index contributed by atoms with van der Waals surface area (Å²) < 4.78 is 0. The summed E-state index contributed by atoms with van der Waals surface area (Å²) in [6, 6.07) is 2.29.